The van der Waals surface area contributed by atoms with Gasteiger partial charge in [0.05, 0.1) is 27.7 Å². The third kappa shape index (κ3) is 40.2. The highest BCUT2D eigenvalue weighted by molar-refractivity contribution is 7.47. The molecule has 0 aromatic carbocycles. The van der Waals surface area contributed by atoms with Gasteiger partial charge in [-0.2, -0.15) is 0 Å². The van der Waals surface area contributed by atoms with Crippen LogP contribution in [-0.4, -0.2) is 74.9 Å². The molecule has 0 aliphatic carbocycles. The van der Waals surface area contributed by atoms with Crippen molar-refractivity contribution in [2.24, 2.45) is 0 Å². The van der Waals surface area contributed by atoms with Crippen molar-refractivity contribution < 1.29 is 42.1 Å². The van der Waals surface area contributed by atoms with Gasteiger partial charge in [0, 0.05) is 12.8 Å². The normalized spacial score (nSPS) is 13.8. The van der Waals surface area contributed by atoms with Crippen LogP contribution in [-0.2, 0) is 32.7 Å². The molecule has 0 saturated carbocycles. The van der Waals surface area contributed by atoms with Crippen molar-refractivity contribution in [2.75, 3.05) is 47.5 Å². The van der Waals surface area contributed by atoms with E-state index in [1.807, 2.05) is 21.1 Å². The summed E-state index contributed by atoms with van der Waals surface area (Å²) in [5, 5.41) is 0. The second-order valence-electron chi connectivity index (χ2n) is 16.1. The fourth-order valence-corrected chi connectivity index (χ4v) is 6.69. The van der Waals surface area contributed by atoms with Gasteiger partial charge in [-0.15, -0.1) is 0 Å². The summed E-state index contributed by atoms with van der Waals surface area (Å²) < 4.78 is 34.3. The van der Waals surface area contributed by atoms with Crippen LogP contribution in [0.5, 0.6) is 0 Å². The Kier molecular flexibility index (Phi) is 36.1. The summed E-state index contributed by atoms with van der Waals surface area (Å²) in [6, 6.07) is 0. The molecule has 0 bridgehead atoms. The number of hydrogen-bond donors (Lipinski definition) is 1. The predicted molar refractivity (Wildman–Crippen MR) is 224 cm³/mol. The molecule has 0 aromatic heterocycles. The van der Waals surface area contributed by atoms with E-state index >= 15 is 0 Å². The zero-order valence-corrected chi connectivity index (χ0v) is 36.6. The van der Waals surface area contributed by atoms with Crippen LogP contribution in [0.2, 0.25) is 0 Å². The molecule has 0 rings (SSSR count). The first kappa shape index (κ1) is 52.5. The Morgan fingerprint density at radius 3 is 1.37 bits per heavy atom. The number of hydrogen-bond acceptors (Lipinski definition) is 7. The minimum Gasteiger partial charge on any atom is -0.462 e. The summed E-state index contributed by atoms with van der Waals surface area (Å²) in [6.07, 6.45) is 39.3. The standard InChI is InChI=1S/C44H84NO8P/c1-6-8-10-12-14-16-18-20-22-24-26-28-30-32-34-36-43(46)50-40-42(41-52-54(48,49)51-39-38-45(3,4)5)53-44(47)37-35-33-31-29-27-25-23-21-19-17-15-13-11-9-7-2/h20-23,42H,6-19,24-41H2,1-5H3/p+1/t42-/m0/s1. The smallest absolute Gasteiger partial charge is 0.462 e. The van der Waals surface area contributed by atoms with Gasteiger partial charge in [0.25, 0.3) is 0 Å². The number of allylic oxidation sites excluding steroid dienone is 4. The molecule has 0 spiro atoms. The molecule has 9 nitrogen and oxygen atoms in total. The summed E-state index contributed by atoms with van der Waals surface area (Å²) in [5.41, 5.74) is 0. The molecule has 0 amide bonds. The van der Waals surface area contributed by atoms with Crippen LogP contribution in [0.1, 0.15) is 194 Å². The fourth-order valence-electron chi connectivity index (χ4n) is 5.94. The number of quaternary nitrogens is 1. The molecule has 10 heteroatoms. The Hall–Kier alpha value is -1.51. The van der Waals surface area contributed by atoms with Gasteiger partial charge in [0.15, 0.2) is 6.10 Å². The third-order valence-electron chi connectivity index (χ3n) is 9.45. The van der Waals surface area contributed by atoms with Crippen LogP contribution >= 0.6 is 7.82 Å². The van der Waals surface area contributed by atoms with Crippen molar-refractivity contribution in [1.82, 2.24) is 0 Å². The van der Waals surface area contributed by atoms with Gasteiger partial charge in [-0.25, -0.2) is 4.57 Å². The van der Waals surface area contributed by atoms with E-state index in [0.717, 1.165) is 70.6 Å². The maximum atomic E-state index is 12.7. The topological polar surface area (TPSA) is 108 Å². The first-order valence-corrected chi connectivity index (χ1v) is 23.6. The summed E-state index contributed by atoms with van der Waals surface area (Å²) in [6.45, 7) is 4.40. The molecule has 0 aliphatic rings. The van der Waals surface area contributed by atoms with Gasteiger partial charge in [0.2, 0.25) is 0 Å². The number of likely N-dealkylation sites (N-methyl/N-ethyl adjacent to an activating group) is 1. The molecule has 0 aromatic rings. The number of carbonyl (C=O) groups excluding carboxylic acids is 2. The second-order valence-corrected chi connectivity index (χ2v) is 17.5. The summed E-state index contributed by atoms with van der Waals surface area (Å²) >= 11 is 0. The third-order valence-corrected chi connectivity index (χ3v) is 10.4. The lowest BCUT2D eigenvalue weighted by Crippen LogP contribution is -2.37. The highest BCUT2D eigenvalue weighted by Gasteiger charge is 2.27. The maximum absolute atomic E-state index is 12.7. The summed E-state index contributed by atoms with van der Waals surface area (Å²) in [4.78, 5) is 35.3. The van der Waals surface area contributed by atoms with Crippen molar-refractivity contribution in [1.29, 1.82) is 0 Å². The van der Waals surface area contributed by atoms with Gasteiger partial charge in [-0.05, 0) is 64.2 Å². The molecule has 318 valence electrons. The van der Waals surface area contributed by atoms with Gasteiger partial charge in [0.1, 0.15) is 19.8 Å². The molecule has 0 radical (unpaired) electrons. The Morgan fingerprint density at radius 1 is 0.556 bits per heavy atom. The molecule has 0 aliphatic heterocycles. The van der Waals surface area contributed by atoms with Crippen LogP contribution in [0.4, 0.5) is 0 Å². The zero-order valence-electron chi connectivity index (χ0n) is 35.7. The first-order valence-electron chi connectivity index (χ1n) is 22.1. The van der Waals surface area contributed by atoms with E-state index in [9.17, 15) is 19.0 Å². The highest BCUT2D eigenvalue weighted by Crippen LogP contribution is 2.43. The van der Waals surface area contributed by atoms with Gasteiger partial charge >= 0.3 is 19.8 Å². The number of phosphoric acid groups is 1. The van der Waals surface area contributed by atoms with E-state index in [2.05, 4.69) is 38.2 Å². The van der Waals surface area contributed by atoms with E-state index in [1.54, 1.807) is 0 Å². The number of esters is 2. The quantitative estimate of drug-likeness (QED) is 0.0215. The van der Waals surface area contributed by atoms with Crippen molar-refractivity contribution >= 4 is 19.8 Å². The number of ether oxygens (including phenoxy) is 2. The number of nitrogens with zero attached hydrogens (tertiary/aromatic N) is 1. The largest absolute Gasteiger partial charge is 0.472 e. The van der Waals surface area contributed by atoms with E-state index < -0.39 is 26.5 Å². The minimum atomic E-state index is -4.37. The van der Waals surface area contributed by atoms with Crippen molar-refractivity contribution in [3.05, 3.63) is 24.3 Å². The van der Waals surface area contributed by atoms with Gasteiger partial charge in [-0.3, -0.25) is 18.6 Å². The Balaban J connectivity index is 4.38. The summed E-state index contributed by atoms with van der Waals surface area (Å²) in [5.74, 6) is -0.814. The Bertz CT molecular complexity index is 980. The summed E-state index contributed by atoms with van der Waals surface area (Å²) in [7, 11) is 1.47. The lowest BCUT2D eigenvalue weighted by molar-refractivity contribution is -0.870. The fraction of sp³-hybridized carbons (Fsp3) is 0.864. The zero-order chi connectivity index (χ0) is 40.0. The predicted octanol–water partition coefficient (Wildman–Crippen LogP) is 12.4. The number of rotatable bonds is 40. The molecule has 2 atom stereocenters. The van der Waals surface area contributed by atoms with E-state index in [-0.39, 0.29) is 32.0 Å². The lowest BCUT2D eigenvalue weighted by Gasteiger charge is -2.24. The van der Waals surface area contributed by atoms with Crippen molar-refractivity contribution in [3.63, 3.8) is 0 Å². The van der Waals surface area contributed by atoms with E-state index in [1.165, 1.54) is 89.9 Å². The molecular weight excluding hydrogens is 701 g/mol. The van der Waals surface area contributed by atoms with Crippen LogP contribution in [0, 0.1) is 0 Å². The monoisotopic (exact) mass is 787 g/mol. The second kappa shape index (κ2) is 37.1. The van der Waals surface area contributed by atoms with E-state index in [0.29, 0.717) is 17.4 Å². The van der Waals surface area contributed by atoms with Gasteiger partial charge in [-0.1, -0.05) is 141 Å². The Morgan fingerprint density at radius 2 is 0.944 bits per heavy atom. The number of phosphoric ester groups is 1. The van der Waals surface area contributed by atoms with E-state index in [4.69, 9.17) is 18.5 Å². The van der Waals surface area contributed by atoms with Crippen LogP contribution < -0.4 is 0 Å². The number of carbonyl (C=O) groups is 2. The van der Waals surface area contributed by atoms with Crippen LogP contribution in [0.15, 0.2) is 24.3 Å². The molecule has 1 N–H and O–H groups in total. The SMILES string of the molecule is CCCCCCCCC=CCCCCCCCC(=O)OC[C@@H](COP(=O)(O)OCC[N+](C)(C)C)OC(=O)CCCCCCCC=CCCCCCCCC. The first-order chi connectivity index (χ1) is 26.0. The minimum absolute atomic E-state index is 0.0299. The van der Waals surface area contributed by atoms with Crippen LogP contribution in [0.3, 0.4) is 0 Å². The molecule has 0 saturated heterocycles. The molecular formula is C44H85NO8P+. The number of unbranched alkanes of at least 4 members (excludes halogenated alkanes) is 22. The highest BCUT2D eigenvalue weighted by atomic mass is 31.2. The molecule has 0 heterocycles. The average molecular weight is 787 g/mol. The lowest BCUT2D eigenvalue weighted by atomic mass is 10.1. The van der Waals surface area contributed by atoms with Crippen molar-refractivity contribution in [3.8, 4) is 0 Å². The molecule has 54 heavy (non-hydrogen) atoms. The Labute approximate surface area is 332 Å². The van der Waals surface area contributed by atoms with Crippen molar-refractivity contribution in [2.45, 2.75) is 200 Å². The van der Waals surface area contributed by atoms with Crippen LogP contribution in [0.25, 0.3) is 0 Å². The molecule has 0 fully saturated rings. The van der Waals surface area contributed by atoms with Gasteiger partial charge < -0.3 is 18.9 Å². The average Bonchev–Trinajstić information content (AvgIpc) is 3.12. The molecule has 1 unspecified atom stereocenters. The maximum Gasteiger partial charge on any atom is 0.472 e.